The second-order valence-corrected chi connectivity index (χ2v) is 15.0. The van der Waals surface area contributed by atoms with Crippen molar-refractivity contribution in [2.75, 3.05) is 166 Å². The molecule has 0 radical (unpaired) electrons. The highest BCUT2D eigenvalue weighted by atomic mass is 16.5. The lowest BCUT2D eigenvalue weighted by Gasteiger charge is -2.32. The van der Waals surface area contributed by atoms with Crippen LogP contribution in [0.5, 0.6) is 0 Å². The Balaban J connectivity index is 0.000000668. The standard InChI is InChI=1S/C8H16N2O.C7H16N4O.C7H15N3O.C7H16N2.C6H13NO.C5H8O/c1-7(11)9-8-3-5-10(2)6-4-8;1-8-7(12)9-11-5-3-10(2)4-6-11;1-7(11)8-10-5-3-9(2)4-6-10;1-3-9-6-4-8(2)5-7-9;1-2-7-3-5-8-6-4-7;1-3-5(6)4-2/h8H,3-6H2,1-2H3,(H,9,11);3-6H2,1-2H3,(H2,8,9,12);3-6H2,1-2H3,(H,8,11);3-7H2,1-2H3;2-6H2,1H3;3H,1,4H2,2H3. The van der Waals surface area contributed by atoms with Crippen LogP contribution in [0.3, 0.4) is 0 Å². The summed E-state index contributed by atoms with van der Waals surface area (Å²) in [4.78, 5) is 56.3. The number of hydrogen-bond acceptors (Lipinski definition) is 13. The van der Waals surface area contributed by atoms with Gasteiger partial charge in [-0.05, 0) is 73.3 Å². The number of carbonyl (C=O) groups is 4. The first-order chi connectivity index (χ1) is 27.1. The molecule has 0 aliphatic carbocycles. The molecule has 4 amide bonds. The van der Waals surface area contributed by atoms with E-state index in [4.69, 9.17) is 4.74 Å². The molecule has 17 nitrogen and oxygen atoms in total. The van der Waals surface area contributed by atoms with E-state index in [0.717, 1.165) is 105 Å². The minimum atomic E-state index is -0.139. The molecule has 5 saturated heterocycles. The summed E-state index contributed by atoms with van der Waals surface area (Å²) in [6.45, 7) is 34.0. The smallest absolute Gasteiger partial charge is 0.329 e. The number of morpholine rings is 1. The van der Waals surface area contributed by atoms with Gasteiger partial charge in [0.05, 0.1) is 13.2 Å². The van der Waals surface area contributed by atoms with E-state index < -0.39 is 0 Å². The number of likely N-dealkylation sites (tertiary alicyclic amines) is 1. The third-order valence-electron chi connectivity index (χ3n) is 10.1. The topological polar surface area (TPSA) is 152 Å². The average molecular weight is 813 g/mol. The Hall–Kier alpha value is -2.74. The minimum absolute atomic E-state index is 0.0227. The Morgan fingerprint density at radius 3 is 1.33 bits per heavy atom. The molecule has 5 heterocycles. The highest BCUT2D eigenvalue weighted by Crippen LogP contribution is 2.07. The molecule has 5 aliphatic rings. The van der Waals surface area contributed by atoms with Gasteiger partial charge in [0.1, 0.15) is 0 Å². The van der Waals surface area contributed by atoms with Gasteiger partial charge in [0.25, 0.3) is 0 Å². The number of allylic oxidation sites excluding steroid dienone is 1. The van der Waals surface area contributed by atoms with Crippen molar-refractivity contribution >= 4 is 23.6 Å². The van der Waals surface area contributed by atoms with E-state index in [2.05, 4.69) is 99.5 Å². The number of hydrogen-bond donors (Lipinski definition) is 4. The molecule has 0 spiro atoms. The first-order valence-corrected chi connectivity index (χ1v) is 21.1. The van der Waals surface area contributed by atoms with E-state index in [9.17, 15) is 19.2 Å². The fourth-order valence-corrected chi connectivity index (χ4v) is 5.92. The van der Waals surface area contributed by atoms with Crippen LogP contribution in [0.1, 0.15) is 53.9 Å². The normalized spacial score (nSPS) is 20.7. The van der Waals surface area contributed by atoms with E-state index in [1.807, 2.05) is 16.9 Å². The highest BCUT2D eigenvalue weighted by Gasteiger charge is 2.17. The van der Waals surface area contributed by atoms with Gasteiger partial charge in [-0.25, -0.2) is 14.8 Å². The van der Waals surface area contributed by atoms with Crippen molar-refractivity contribution in [3.8, 4) is 0 Å². The molecular formula is C40H84N12O5. The largest absolute Gasteiger partial charge is 0.379 e. The van der Waals surface area contributed by atoms with Gasteiger partial charge in [0.2, 0.25) is 11.8 Å². The quantitative estimate of drug-likeness (QED) is 0.262. The van der Waals surface area contributed by atoms with Gasteiger partial charge in [-0.3, -0.25) is 30.1 Å². The number of carbonyl (C=O) groups excluding carboxylic acids is 4. The molecule has 57 heavy (non-hydrogen) atoms. The molecule has 334 valence electrons. The van der Waals surface area contributed by atoms with Crippen molar-refractivity contribution in [3.05, 3.63) is 12.7 Å². The summed E-state index contributed by atoms with van der Waals surface area (Å²) in [7, 11) is 10.1. The van der Waals surface area contributed by atoms with E-state index >= 15 is 0 Å². The number of piperazine rings is 3. The summed E-state index contributed by atoms with van der Waals surface area (Å²) in [5.41, 5.74) is 5.52. The zero-order chi connectivity index (χ0) is 43.0. The molecule has 5 rings (SSSR count). The van der Waals surface area contributed by atoms with Crippen molar-refractivity contribution in [3.63, 3.8) is 0 Å². The van der Waals surface area contributed by atoms with Gasteiger partial charge in [0.15, 0.2) is 5.78 Å². The van der Waals surface area contributed by atoms with Crippen molar-refractivity contribution < 1.29 is 23.9 Å². The highest BCUT2D eigenvalue weighted by molar-refractivity contribution is 5.88. The summed E-state index contributed by atoms with van der Waals surface area (Å²) >= 11 is 0. The van der Waals surface area contributed by atoms with Crippen LogP contribution in [0.2, 0.25) is 0 Å². The number of piperidine rings is 1. The van der Waals surface area contributed by atoms with Crippen LogP contribution < -0.4 is 21.5 Å². The van der Waals surface area contributed by atoms with Gasteiger partial charge in [-0.2, -0.15) is 0 Å². The lowest BCUT2D eigenvalue weighted by molar-refractivity contribution is -0.124. The second-order valence-electron chi connectivity index (χ2n) is 15.0. The Kier molecular flexibility index (Phi) is 32.5. The molecule has 0 aromatic rings. The van der Waals surface area contributed by atoms with Crippen LogP contribution >= 0.6 is 0 Å². The fourth-order valence-electron chi connectivity index (χ4n) is 5.92. The first-order valence-electron chi connectivity index (χ1n) is 21.1. The van der Waals surface area contributed by atoms with Crippen molar-refractivity contribution in [2.45, 2.75) is 59.9 Å². The molecule has 0 aromatic heterocycles. The van der Waals surface area contributed by atoms with Crippen LogP contribution in [0.25, 0.3) is 0 Å². The Morgan fingerprint density at radius 1 is 0.596 bits per heavy atom. The maximum Gasteiger partial charge on any atom is 0.329 e. The van der Waals surface area contributed by atoms with Gasteiger partial charge in [-0.1, -0.05) is 27.4 Å². The monoisotopic (exact) mass is 813 g/mol. The summed E-state index contributed by atoms with van der Waals surface area (Å²) in [5.74, 6) is 0.226. The van der Waals surface area contributed by atoms with Gasteiger partial charge in [0, 0.05) is 125 Å². The van der Waals surface area contributed by atoms with Crippen molar-refractivity contribution in [2.24, 2.45) is 0 Å². The first kappa shape index (κ1) is 54.3. The molecule has 0 bridgehead atoms. The van der Waals surface area contributed by atoms with Crippen LogP contribution in [-0.2, 0) is 19.1 Å². The number of hydrazine groups is 2. The maximum atomic E-state index is 10.9. The molecule has 17 heteroatoms. The zero-order valence-electron chi connectivity index (χ0n) is 37.7. The molecule has 0 atom stereocenters. The predicted molar refractivity (Wildman–Crippen MR) is 232 cm³/mol. The van der Waals surface area contributed by atoms with E-state index in [-0.39, 0.29) is 23.6 Å². The number of amides is 4. The summed E-state index contributed by atoms with van der Waals surface area (Å²) in [6.07, 6.45) is 4.09. The van der Waals surface area contributed by atoms with Gasteiger partial charge >= 0.3 is 6.03 Å². The summed E-state index contributed by atoms with van der Waals surface area (Å²) in [5, 5.41) is 9.34. The Morgan fingerprint density at radius 2 is 1.00 bits per heavy atom. The number of rotatable bonds is 7. The van der Waals surface area contributed by atoms with E-state index in [1.54, 1.807) is 20.9 Å². The summed E-state index contributed by atoms with van der Waals surface area (Å²) < 4.78 is 5.16. The molecule has 0 unspecified atom stereocenters. The van der Waals surface area contributed by atoms with Crippen molar-refractivity contribution in [1.29, 1.82) is 0 Å². The van der Waals surface area contributed by atoms with Crippen LogP contribution in [0.4, 0.5) is 4.79 Å². The minimum Gasteiger partial charge on any atom is -0.379 e. The third kappa shape index (κ3) is 30.9. The van der Waals surface area contributed by atoms with Gasteiger partial charge in [-0.15, -0.1) is 0 Å². The number of urea groups is 1. The molecule has 4 N–H and O–H groups in total. The van der Waals surface area contributed by atoms with Gasteiger partial charge < -0.3 is 39.9 Å². The SMILES string of the molecule is C=CC(=O)CC.CC(=O)NC1CCN(C)CC1.CC(=O)NN1CCN(C)CC1.CCN1CCN(C)CC1.CCN1CCOCC1.CNC(=O)NN1CCN(C)CC1. The lowest BCUT2D eigenvalue weighted by atomic mass is 10.1. The summed E-state index contributed by atoms with van der Waals surface area (Å²) in [6, 6.07) is 0.281. The molecule has 5 fully saturated rings. The average Bonchev–Trinajstić information content (AvgIpc) is 3.21. The number of likely N-dealkylation sites (N-methyl/N-ethyl adjacent to an activating group) is 5. The van der Waals surface area contributed by atoms with Crippen LogP contribution in [-0.4, -0.2) is 235 Å². The number of ether oxygens (including phenoxy) is 1. The van der Waals surface area contributed by atoms with Crippen molar-refractivity contribution in [1.82, 2.24) is 60.9 Å². The zero-order valence-corrected chi connectivity index (χ0v) is 37.7. The lowest BCUT2D eigenvalue weighted by Crippen LogP contribution is -2.54. The molecule has 5 aliphatic heterocycles. The molecule has 0 saturated carbocycles. The Bertz CT molecular complexity index is 1020. The number of nitrogens with zero attached hydrogens (tertiary/aromatic N) is 8. The maximum absolute atomic E-state index is 10.9. The fraction of sp³-hybridized carbons (Fsp3) is 0.850. The number of ketones is 1. The second kappa shape index (κ2) is 34.2. The van der Waals surface area contributed by atoms with Crippen LogP contribution in [0.15, 0.2) is 12.7 Å². The number of nitrogens with one attached hydrogen (secondary N) is 4. The molecule has 0 aromatic carbocycles. The van der Waals surface area contributed by atoms with E-state index in [1.165, 1.54) is 45.3 Å². The van der Waals surface area contributed by atoms with Crippen LogP contribution in [0, 0.1) is 0 Å². The predicted octanol–water partition coefficient (Wildman–Crippen LogP) is 0.323. The third-order valence-corrected chi connectivity index (χ3v) is 10.1. The Labute approximate surface area is 346 Å². The van der Waals surface area contributed by atoms with E-state index in [0.29, 0.717) is 12.5 Å². The molecular weight excluding hydrogens is 729 g/mol.